The number of aliphatic hydroxyl groups excluding tert-OH is 2. The van der Waals surface area contributed by atoms with Crippen molar-refractivity contribution in [2.24, 2.45) is 5.92 Å². The van der Waals surface area contributed by atoms with Gasteiger partial charge in [-0.25, -0.2) is 0 Å². The first-order valence-electron chi connectivity index (χ1n) is 8.80. The van der Waals surface area contributed by atoms with Crippen LogP contribution in [0, 0.1) is 5.92 Å². The number of carbonyl (C=O) groups excluding carboxylic acids is 2. The van der Waals surface area contributed by atoms with E-state index in [9.17, 15) is 9.59 Å². The molecular formula is C18H32O6. The van der Waals surface area contributed by atoms with Crippen molar-refractivity contribution in [3.8, 4) is 0 Å². The smallest absolute Gasteiger partial charge is 0.309 e. The lowest BCUT2D eigenvalue weighted by Crippen LogP contribution is -2.23. The van der Waals surface area contributed by atoms with Crippen LogP contribution in [0.2, 0.25) is 0 Å². The summed E-state index contributed by atoms with van der Waals surface area (Å²) < 4.78 is 10.1. The van der Waals surface area contributed by atoms with Gasteiger partial charge in [-0.3, -0.25) is 9.59 Å². The minimum absolute atomic E-state index is 0.00174. The molecule has 0 aliphatic carbocycles. The lowest BCUT2D eigenvalue weighted by Gasteiger charge is -2.15. The van der Waals surface area contributed by atoms with Gasteiger partial charge in [0.2, 0.25) is 0 Å². The maximum absolute atomic E-state index is 12.1. The van der Waals surface area contributed by atoms with Crippen molar-refractivity contribution in [3.63, 3.8) is 0 Å². The molecular weight excluding hydrogens is 312 g/mol. The lowest BCUT2D eigenvalue weighted by molar-refractivity contribution is -0.155. The summed E-state index contributed by atoms with van der Waals surface area (Å²) in [6.45, 7) is 2.23. The molecule has 0 heterocycles. The molecule has 0 bridgehead atoms. The fourth-order valence-corrected chi connectivity index (χ4v) is 2.17. The number of aliphatic hydroxyl groups is 2. The molecule has 140 valence electrons. The minimum Gasteiger partial charge on any atom is -0.466 e. The number of esters is 2. The van der Waals surface area contributed by atoms with Gasteiger partial charge in [-0.15, -0.1) is 0 Å². The summed E-state index contributed by atoms with van der Waals surface area (Å²) >= 11 is 0. The van der Waals surface area contributed by atoms with E-state index < -0.39 is 17.9 Å². The first-order valence-corrected chi connectivity index (χ1v) is 8.80. The second-order valence-electron chi connectivity index (χ2n) is 5.65. The third-order valence-electron chi connectivity index (χ3n) is 3.52. The number of rotatable bonds is 15. The second-order valence-corrected chi connectivity index (χ2v) is 5.65. The Morgan fingerprint density at radius 1 is 0.958 bits per heavy atom. The Labute approximate surface area is 144 Å². The molecule has 0 radical (unpaired) electrons. The van der Waals surface area contributed by atoms with Gasteiger partial charge >= 0.3 is 11.9 Å². The SMILES string of the molecule is C/C=C/CCCCCC(CC(=O)OCCCO)C(=O)OCCCO. The minimum atomic E-state index is -0.507. The zero-order chi connectivity index (χ0) is 18.0. The Kier molecular flexibility index (Phi) is 15.5. The Balaban J connectivity index is 4.26. The Morgan fingerprint density at radius 2 is 1.62 bits per heavy atom. The first kappa shape index (κ1) is 22.6. The van der Waals surface area contributed by atoms with E-state index in [-0.39, 0.29) is 32.8 Å². The van der Waals surface area contributed by atoms with Crippen LogP contribution in [0.25, 0.3) is 0 Å². The highest BCUT2D eigenvalue weighted by Crippen LogP contribution is 2.17. The van der Waals surface area contributed by atoms with E-state index in [2.05, 4.69) is 6.08 Å². The van der Waals surface area contributed by atoms with Crippen molar-refractivity contribution < 1.29 is 29.3 Å². The van der Waals surface area contributed by atoms with E-state index >= 15 is 0 Å². The molecule has 0 aromatic rings. The van der Waals surface area contributed by atoms with E-state index in [1.165, 1.54) is 0 Å². The van der Waals surface area contributed by atoms with Crippen LogP contribution in [0.3, 0.4) is 0 Å². The summed E-state index contributed by atoms with van der Waals surface area (Å²) in [5.74, 6) is -1.36. The predicted molar refractivity (Wildman–Crippen MR) is 91.3 cm³/mol. The summed E-state index contributed by atoms with van der Waals surface area (Å²) in [6, 6.07) is 0. The van der Waals surface area contributed by atoms with Gasteiger partial charge in [0, 0.05) is 26.1 Å². The molecule has 24 heavy (non-hydrogen) atoms. The lowest BCUT2D eigenvalue weighted by atomic mass is 9.97. The Morgan fingerprint density at radius 3 is 2.25 bits per heavy atom. The summed E-state index contributed by atoms with van der Waals surface area (Å²) in [7, 11) is 0. The summed E-state index contributed by atoms with van der Waals surface area (Å²) in [5.41, 5.74) is 0. The fourth-order valence-electron chi connectivity index (χ4n) is 2.17. The number of hydrogen-bond acceptors (Lipinski definition) is 6. The monoisotopic (exact) mass is 344 g/mol. The largest absolute Gasteiger partial charge is 0.466 e. The highest BCUT2D eigenvalue weighted by Gasteiger charge is 2.23. The van der Waals surface area contributed by atoms with Gasteiger partial charge in [0.05, 0.1) is 25.6 Å². The van der Waals surface area contributed by atoms with Gasteiger partial charge in [-0.05, 0) is 26.2 Å². The number of allylic oxidation sites excluding steroid dienone is 2. The third-order valence-corrected chi connectivity index (χ3v) is 3.52. The van der Waals surface area contributed by atoms with Gasteiger partial charge in [-0.1, -0.05) is 25.0 Å². The molecule has 0 saturated carbocycles. The highest BCUT2D eigenvalue weighted by atomic mass is 16.5. The molecule has 0 spiro atoms. The molecule has 0 fully saturated rings. The third kappa shape index (κ3) is 13.1. The Bertz CT molecular complexity index is 353. The van der Waals surface area contributed by atoms with Gasteiger partial charge in [0.25, 0.3) is 0 Å². The number of carbonyl (C=O) groups is 2. The van der Waals surface area contributed by atoms with Crippen LogP contribution in [0.1, 0.15) is 58.3 Å². The number of hydrogen-bond donors (Lipinski definition) is 2. The molecule has 1 unspecified atom stereocenters. The predicted octanol–water partition coefficient (Wildman–Crippen LogP) is 2.37. The van der Waals surface area contributed by atoms with Crippen molar-refractivity contribution in [1.82, 2.24) is 0 Å². The molecule has 0 rings (SSSR count). The zero-order valence-electron chi connectivity index (χ0n) is 14.7. The molecule has 6 nitrogen and oxygen atoms in total. The number of ether oxygens (including phenoxy) is 2. The summed E-state index contributed by atoms with van der Waals surface area (Å²) in [4.78, 5) is 23.9. The average molecular weight is 344 g/mol. The molecule has 0 aliphatic heterocycles. The van der Waals surface area contributed by atoms with Crippen molar-refractivity contribution in [3.05, 3.63) is 12.2 Å². The van der Waals surface area contributed by atoms with Gasteiger partial charge in [-0.2, -0.15) is 0 Å². The molecule has 0 aliphatic rings. The van der Waals surface area contributed by atoms with Gasteiger partial charge < -0.3 is 19.7 Å². The van der Waals surface area contributed by atoms with Gasteiger partial charge in [0.15, 0.2) is 0 Å². The molecule has 0 amide bonds. The van der Waals surface area contributed by atoms with Crippen LogP contribution >= 0.6 is 0 Å². The zero-order valence-corrected chi connectivity index (χ0v) is 14.7. The molecule has 0 aromatic carbocycles. The normalized spacial score (nSPS) is 12.3. The Hall–Kier alpha value is -1.40. The molecule has 2 N–H and O–H groups in total. The van der Waals surface area contributed by atoms with Crippen LogP contribution in [0.4, 0.5) is 0 Å². The second kappa shape index (κ2) is 16.5. The van der Waals surface area contributed by atoms with E-state index in [1.807, 2.05) is 13.0 Å². The molecule has 0 aromatic heterocycles. The molecule has 6 heteroatoms. The van der Waals surface area contributed by atoms with Crippen molar-refractivity contribution in [2.45, 2.75) is 58.3 Å². The fraction of sp³-hybridized carbons (Fsp3) is 0.778. The van der Waals surface area contributed by atoms with Crippen LogP contribution in [0.5, 0.6) is 0 Å². The van der Waals surface area contributed by atoms with E-state index in [4.69, 9.17) is 19.7 Å². The van der Waals surface area contributed by atoms with Crippen molar-refractivity contribution in [2.75, 3.05) is 26.4 Å². The van der Waals surface area contributed by atoms with Crippen molar-refractivity contribution in [1.29, 1.82) is 0 Å². The van der Waals surface area contributed by atoms with Crippen LogP contribution in [-0.4, -0.2) is 48.6 Å². The number of unbranched alkanes of at least 4 members (excludes halogenated alkanes) is 3. The van der Waals surface area contributed by atoms with Gasteiger partial charge in [0.1, 0.15) is 0 Å². The van der Waals surface area contributed by atoms with E-state index in [1.54, 1.807) is 0 Å². The maximum Gasteiger partial charge on any atom is 0.309 e. The standard InChI is InChI=1S/C18H32O6/c1-2-3-4-5-6-7-10-16(18(22)24-14-9-12-20)15-17(21)23-13-8-11-19/h2-3,16,19-20H,4-15H2,1H3/b3-2+. The van der Waals surface area contributed by atoms with Crippen LogP contribution in [-0.2, 0) is 19.1 Å². The van der Waals surface area contributed by atoms with Crippen LogP contribution < -0.4 is 0 Å². The van der Waals surface area contributed by atoms with E-state index in [0.29, 0.717) is 19.3 Å². The summed E-state index contributed by atoms with van der Waals surface area (Å²) in [5, 5.41) is 17.4. The first-order chi connectivity index (χ1) is 11.7. The average Bonchev–Trinajstić information content (AvgIpc) is 2.57. The van der Waals surface area contributed by atoms with Crippen LogP contribution in [0.15, 0.2) is 12.2 Å². The highest BCUT2D eigenvalue weighted by molar-refractivity contribution is 5.79. The maximum atomic E-state index is 12.1. The topological polar surface area (TPSA) is 93.1 Å². The summed E-state index contributed by atoms with van der Waals surface area (Å²) in [6.07, 6.45) is 9.41. The molecule has 1 atom stereocenters. The van der Waals surface area contributed by atoms with E-state index in [0.717, 1.165) is 25.7 Å². The molecule has 0 saturated heterocycles. The quantitative estimate of drug-likeness (QED) is 0.269. The van der Waals surface area contributed by atoms with Crippen molar-refractivity contribution >= 4 is 11.9 Å².